The number of piperazine rings is 1. The molecule has 4 rings (SSSR count). The van der Waals surface area contributed by atoms with E-state index in [1.54, 1.807) is 48.7 Å². The molecule has 9 heteroatoms. The Morgan fingerprint density at radius 3 is 2.53 bits per heavy atom. The number of pyridine rings is 1. The number of halogens is 1. The molecule has 8 nitrogen and oxygen atoms in total. The van der Waals surface area contributed by atoms with Crippen LogP contribution in [-0.2, 0) is 4.79 Å². The molecule has 0 saturated carbocycles. The van der Waals surface area contributed by atoms with E-state index < -0.39 is 0 Å². The Bertz CT molecular complexity index is 1080. The van der Waals surface area contributed by atoms with E-state index in [-0.39, 0.29) is 16.5 Å². The largest absolute Gasteiger partial charge is 0.367 e. The lowest BCUT2D eigenvalue weighted by Crippen LogP contribution is -2.48. The smallest absolute Gasteiger partial charge is 0.278 e. The molecule has 0 spiro atoms. The molecule has 1 aliphatic heterocycles. The maximum Gasteiger partial charge on any atom is 0.278 e. The van der Waals surface area contributed by atoms with Crippen molar-refractivity contribution in [3.8, 4) is 0 Å². The van der Waals surface area contributed by atoms with Crippen LogP contribution in [0.3, 0.4) is 0 Å². The van der Waals surface area contributed by atoms with E-state index >= 15 is 0 Å². The van der Waals surface area contributed by atoms with Crippen molar-refractivity contribution in [1.82, 2.24) is 9.88 Å². The number of nitro groups is 1. The molecular formula is C21H20ClN5O3. The molecule has 0 radical (unpaired) electrons. The van der Waals surface area contributed by atoms with Crippen LogP contribution in [0.5, 0.6) is 0 Å². The van der Waals surface area contributed by atoms with E-state index in [0.717, 1.165) is 5.69 Å². The van der Waals surface area contributed by atoms with Crippen LogP contribution in [0.25, 0.3) is 10.9 Å². The SMILES string of the molecule is O=C(CN1CCN(c2ccc([N+](=O)[O-])c3cccnc23)CC1)Nc1ccc(Cl)cc1. The van der Waals surface area contributed by atoms with Gasteiger partial charge in [-0.3, -0.25) is 24.8 Å². The summed E-state index contributed by atoms with van der Waals surface area (Å²) in [6, 6.07) is 13.7. The summed E-state index contributed by atoms with van der Waals surface area (Å²) >= 11 is 5.87. The van der Waals surface area contributed by atoms with E-state index in [0.29, 0.717) is 54.3 Å². The van der Waals surface area contributed by atoms with Gasteiger partial charge in [-0.2, -0.15) is 0 Å². The number of aromatic nitrogens is 1. The molecule has 3 aromatic rings. The van der Waals surface area contributed by atoms with Crippen LogP contribution in [0.15, 0.2) is 54.7 Å². The summed E-state index contributed by atoms with van der Waals surface area (Å²) in [7, 11) is 0. The second-order valence-electron chi connectivity index (χ2n) is 7.08. The lowest BCUT2D eigenvalue weighted by Gasteiger charge is -2.36. The molecule has 1 N–H and O–H groups in total. The third-order valence-electron chi connectivity index (χ3n) is 5.13. The minimum Gasteiger partial charge on any atom is -0.367 e. The minimum atomic E-state index is -0.384. The van der Waals surface area contributed by atoms with Gasteiger partial charge in [0.15, 0.2) is 0 Å². The summed E-state index contributed by atoms with van der Waals surface area (Å²) in [5.74, 6) is -0.0757. The number of rotatable bonds is 5. The highest BCUT2D eigenvalue weighted by Gasteiger charge is 2.23. The van der Waals surface area contributed by atoms with Crippen molar-refractivity contribution < 1.29 is 9.72 Å². The van der Waals surface area contributed by atoms with Gasteiger partial charge in [-0.05, 0) is 42.5 Å². The quantitative estimate of drug-likeness (QED) is 0.496. The van der Waals surface area contributed by atoms with E-state index in [2.05, 4.69) is 20.1 Å². The first-order chi connectivity index (χ1) is 14.5. The second kappa shape index (κ2) is 8.64. The fourth-order valence-electron chi connectivity index (χ4n) is 3.64. The van der Waals surface area contributed by atoms with E-state index in [1.807, 2.05) is 0 Å². The fourth-order valence-corrected chi connectivity index (χ4v) is 3.77. The van der Waals surface area contributed by atoms with Crippen LogP contribution in [0.1, 0.15) is 0 Å². The molecule has 0 bridgehead atoms. The first-order valence-corrected chi connectivity index (χ1v) is 9.94. The highest BCUT2D eigenvalue weighted by molar-refractivity contribution is 6.30. The molecule has 30 heavy (non-hydrogen) atoms. The monoisotopic (exact) mass is 425 g/mol. The van der Waals surface area contributed by atoms with Crippen molar-refractivity contribution in [2.45, 2.75) is 0 Å². The predicted octanol–water partition coefficient (Wildman–Crippen LogP) is 3.56. The van der Waals surface area contributed by atoms with Crippen LogP contribution in [-0.4, -0.2) is 53.4 Å². The first kappa shape index (κ1) is 20.1. The number of nitrogens with zero attached hydrogens (tertiary/aromatic N) is 4. The Balaban J connectivity index is 1.40. The molecule has 2 aromatic carbocycles. The summed E-state index contributed by atoms with van der Waals surface area (Å²) < 4.78 is 0. The van der Waals surface area contributed by atoms with Crippen LogP contribution in [0.2, 0.25) is 5.02 Å². The van der Waals surface area contributed by atoms with Crippen molar-refractivity contribution >= 4 is 45.5 Å². The average Bonchev–Trinajstić information content (AvgIpc) is 2.75. The van der Waals surface area contributed by atoms with E-state index in [9.17, 15) is 14.9 Å². The molecule has 0 aliphatic carbocycles. The highest BCUT2D eigenvalue weighted by atomic mass is 35.5. The molecule has 1 amide bonds. The zero-order chi connectivity index (χ0) is 21.1. The Morgan fingerprint density at radius 1 is 1.10 bits per heavy atom. The molecule has 1 aliphatic rings. The molecule has 1 saturated heterocycles. The van der Waals surface area contributed by atoms with E-state index in [1.165, 1.54) is 6.07 Å². The molecular weight excluding hydrogens is 406 g/mol. The number of hydrogen-bond acceptors (Lipinski definition) is 6. The third-order valence-corrected chi connectivity index (χ3v) is 5.38. The van der Waals surface area contributed by atoms with Gasteiger partial charge < -0.3 is 10.2 Å². The Morgan fingerprint density at radius 2 is 1.83 bits per heavy atom. The highest BCUT2D eigenvalue weighted by Crippen LogP contribution is 2.32. The number of nitrogens with one attached hydrogen (secondary N) is 1. The summed E-state index contributed by atoms with van der Waals surface area (Å²) in [5, 5.41) is 15.3. The van der Waals surface area contributed by atoms with E-state index in [4.69, 9.17) is 11.6 Å². The second-order valence-corrected chi connectivity index (χ2v) is 7.52. The van der Waals surface area contributed by atoms with Gasteiger partial charge in [-0.1, -0.05) is 11.6 Å². The minimum absolute atomic E-state index is 0.0550. The molecule has 154 valence electrons. The molecule has 0 unspecified atom stereocenters. The number of carbonyl (C=O) groups excluding carboxylic acids is 1. The number of amides is 1. The first-order valence-electron chi connectivity index (χ1n) is 9.56. The van der Waals surface area contributed by atoms with Gasteiger partial charge in [-0.25, -0.2) is 0 Å². The van der Waals surface area contributed by atoms with Crippen molar-refractivity contribution in [2.24, 2.45) is 0 Å². The van der Waals surface area contributed by atoms with Gasteiger partial charge in [-0.15, -0.1) is 0 Å². The Labute approximate surface area is 178 Å². The van der Waals surface area contributed by atoms with Gasteiger partial charge in [0.1, 0.15) is 5.52 Å². The lowest BCUT2D eigenvalue weighted by molar-refractivity contribution is -0.383. The number of fused-ring (bicyclic) bond motifs is 1. The van der Waals surface area contributed by atoms with Crippen LogP contribution in [0, 0.1) is 10.1 Å². The van der Waals surface area contributed by atoms with Gasteiger partial charge in [0.05, 0.1) is 22.5 Å². The van der Waals surface area contributed by atoms with Gasteiger partial charge in [0, 0.05) is 49.2 Å². The molecule has 2 heterocycles. The summed E-state index contributed by atoms with van der Waals surface area (Å²) in [5.41, 5.74) is 2.27. The van der Waals surface area contributed by atoms with Gasteiger partial charge in [0.2, 0.25) is 5.91 Å². The number of non-ortho nitro benzene ring substituents is 1. The number of benzene rings is 2. The van der Waals surface area contributed by atoms with Crippen LogP contribution in [0.4, 0.5) is 17.1 Å². The molecule has 1 aromatic heterocycles. The number of anilines is 2. The van der Waals surface area contributed by atoms with Crippen molar-refractivity contribution in [3.63, 3.8) is 0 Å². The number of hydrogen-bond donors (Lipinski definition) is 1. The lowest BCUT2D eigenvalue weighted by atomic mass is 10.1. The fraction of sp³-hybridized carbons (Fsp3) is 0.238. The summed E-state index contributed by atoms with van der Waals surface area (Å²) in [4.78, 5) is 31.9. The van der Waals surface area contributed by atoms with Gasteiger partial charge >= 0.3 is 0 Å². The maximum atomic E-state index is 12.3. The number of nitro benzene ring substituents is 1. The predicted molar refractivity (Wildman–Crippen MR) is 117 cm³/mol. The van der Waals surface area contributed by atoms with Crippen molar-refractivity contribution in [2.75, 3.05) is 42.9 Å². The molecule has 1 fully saturated rings. The van der Waals surface area contributed by atoms with Crippen molar-refractivity contribution in [1.29, 1.82) is 0 Å². The maximum absolute atomic E-state index is 12.3. The van der Waals surface area contributed by atoms with Crippen molar-refractivity contribution in [3.05, 3.63) is 69.9 Å². The topological polar surface area (TPSA) is 91.6 Å². The third kappa shape index (κ3) is 4.34. The zero-order valence-corrected chi connectivity index (χ0v) is 16.9. The summed E-state index contributed by atoms with van der Waals surface area (Å²) in [6.07, 6.45) is 1.65. The zero-order valence-electron chi connectivity index (χ0n) is 16.1. The average molecular weight is 426 g/mol. The Hall–Kier alpha value is -3.23. The standard InChI is InChI=1S/C21H20ClN5O3/c22-15-3-5-16(6-4-15)24-20(28)14-25-10-12-26(13-11-25)19-8-7-18(27(29)30)17-2-1-9-23-21(17)19/h1-9H,10-14H2,(H,24,28). The summed E-state index contributed by atoms with van der Waals surface area (Å²) in [6.45, 7) is 3.13. The number of carbonyl (C=O) groups is 1. The van der Waals surface area contributed by atoms with Crippen LogP contribution < -0.4 is 10.2 Å². The van der Waals surface area contributed by atoms with Crippen LogP contribution >= 0.6 is 11.6 Å². The normalized spacial score (nSPS) is 14.6. The van der Waals surface area contributed by atoms with Gasteiger partial charge in [0.25, 0.3) is 5.69 Å². The Kier molecular flexibility index (Phi) is 5.78. The molecule has 0 atom stereocenters.